The van der Waals surface area contributed by atoms with Crippen LogP contribution in [0.5, 0.6) is 0 Å². The Morgan fingerprint density at radius 3 is 2.81 bits per heavy atom. The van der Waals surface area contributed by atoms with Crippen molar-refractivity contribution < 1.29 is 12.8 Å². The highest BCUT2D eigenvalue weighted by molar-refractivity contribution is 7.92. The van der Waals surface area contributed by atoms with E-state index in [0.717, 1.165) is 6.20 Å². The van der Waals surface area contributed by atoms with Crippen molar-refractivity contribution in [2.75, 3.05) is 17.0 Å². The highest BCUT2D eigenvalue weighted by Gasteiger charge is 2.12. The van der Waals surface area contributed by atoms with Crippen LogP contribution in [0.2, 0.25) is 0 Å². The molecule has 0 amide bonds. The third-order valence-electron chi connectivity index (χ3n) is 1.91. The normalized spacial score (nSPS) is 11.4. The van der Waals surface area contributed by atoms with Gasteiger partial charge in [-0.15, -0.1) is 0 Å². The van der Waals surface area contributed by atoms with Crippen molar-refractivity contribution >= 4 is 15.7 Å². The number of unbranched alkanes of at least 4 members (excludes halogenated alkanes) is 1. The van der Waals surface area contributed by atoms with Crippen LogP contribution in [0, 0.1) is 5.82 Å². The number of nitrogens with two attached hydrogens (primary N) is 1. The number of rotatable bonds is 6. The van der Waals surface area contributed by atoms with E-state index in [2.05, 4.69) is 9.71 Å². The van der Waals surface area contributed by atoms with Gasteiger partial charge in [0.05, 0.1) is 17.6 Å². The molecule has 0 spiro atoms. The van der Waals surface area contributed by atoms with Crippen LogP contribution in [0.1, 0.15) is 12.8 Å². The molecular formula is C9H14FN3O2S. The van der Waals surface area contributed by atoms with Crippen molar-refractivity contribution in [3.8, 4) is 0 Å². The van der Waals surface area contributed by atoms with Gasteiger partial charge >= 0.3 is 0 Å². The summed E-state index contributed by atoms with van der Waals surface area (Å²) in [4.78, 5) is 3.52. The first-order chi connectivity index (χ1) is 7.55. The minimum atomic E-state index is -3.50. The zero-order valence-corrected chi connectivity index (χ0v) is 9.50. The van der Waals surface area contributed by atoms with E-state index in [9.17, 15) is 12.8 Å². The molecule has 0 aromatic carbocycles. The van der Waals surface area contributed by atoms with Gasteiger partial charge in [0.15, 0.2) is 5.82 Å². The number of pyridine rings is 1. The predicted octanol–water partition coefficient (Wildman–Crippen LogP) is 0.701. The zero-order chi connectivity index (χ0) is 12.0. The molecule has 0 aliphatic rings. The molecule has 1 heterocycles. The Morgan fingerprint density at radius 1 is 1.44 bits per heavy atom. The van der Waals surface area contributed by atoms with E-state index in [1.165, 1.54) is 12.3 Å². The zero-order valence-electron chi connectivity index (χ0n) is 8.69. The number of anilines is 1. The van der Waals surface area contributed by atoms with Gasteiger partial charge in [-0.05, 0) is 25.5 Å². The fraction of sp³-hybridized carbons (Fsp3) is 0.444. The summed E-state index contributed by atoms with van der Waals surface area (Å²) in [6.45, 7) is 0.444. The molecule has 1 aromatic heterocycles. The largest absolute Gasteiger partial charge is 0.330 e. The molecule has 5 nitrogen and oxygen atoms in total. The van der Waals surface area contributed by atoms with Gasteiger partial charge in [0.2, 0.25) is 10.0 Å². The van der Waals surface area contributed by atoms with Crippen LogP contribution < -0.4 is 10.5 Å². The standard InChI is InChI=1S/C9H14FN3O2S/c10-8-7-12-5-3-9(8)13-16(14,15)6-2-1-4-11/h3,5,7H,1-2,4,6,11H2,(H,12,13). The fourth-order valence-corrected chi connectivity index (χ4v) is 2.30. The maximum atomic E-state index is 13.1. The van der Waals surface area contributed by atoms with E-state index in [1.807, 2.05) is 0 Å². The van der Waals surface area contributed by atoms with E-state index >= 15 is 0 Å². The summed E-state index contributed by atoms with van der Waals surface area (Å²) < 4.78 is 38.2. The topological polar surface area (TPSA) is 85.1 Å². The second kappa shape index (κ2) is 5.76. The summed E-state index contributed by atoms with van der Waals surface area (Å²) in [7, 11) is -3.50. The summed E-state index contributed by atoms with van der Waals surface area (Å²) in [6.07, 6.45) is 3.36. The molecule has 0 unspecified atom stereocenters. The van der Waals surface area contributed by atoms with Gasteiger partial charge in [0.1, 0.15) is 0 Å². The van der Waals surface area contributed by atoms with Crippen molar-refractivity contribution in [1.82, 2.24) is 4.98 Å². The highest BCUT2D eigenvalue weighted by atomic mass is 32.2. The average Bonchev–Trinajstić information content (AvgIpc) is 2.21. The third kappa shape index (κ3) is 4.11. The van der Waals surface area contributed by atoms with E-state index in [1.54, 1.807) is 0 Å². The molecule has 1 aromatic rings. The lowest BCUT2D eigenvalue weighted by Gasteiger charge is -2.07. The number of hydrogen-bond acceptors (Lipinski definition) is 4. The molecule has 0 saturated carbocycles. The molecule has 0 atom stereocenters. The molecule has 3 N–H and O–H groups in total. The van der Waals surface area contributed by atoms with Gasteiger partial charge in [0.25, 0.3) is 0 Å². The fourth-order valence-electron chi connectivity index (χ4n) is 1.11. The minimum absolute atomic E-state index is 0.0635. The van der Waals surface area contributed by atoms with Crippen molar-refractivity contribution in [1.29, 1.82) is 0 Å². The molecule has 90 valence electrons. The Hall–Kier alpha value is -1.21. The molecule has 0 aliphatic heterocycles. The van der Waals surface area contributed by atoms with E-state index < -0.39 is 15.8 Å². The highest BCUT2D eigenvalue weighted by Crippen LogP contribution is 2.13. The van der Waals surface area contributed by atoms with E-state index in [-0.39, 0.29) is 11.4 Å². The number of hydrogen-bond donors (Lipinski definition) is 2. The van der Waals surface area contributed by atoms with Crippen LogP contribution in [0.25, 0.3) is 0 Å². The quantitative estimate of drug-likeness (QED) is 0.725. The summed E-state index contributed by atoms with van der Waals surface area (Å²) >= 11 is 0. The second-order valence-corrected chi connectivity index (χ2v) is 5.11. The number of halogens is 1. The lowest BCUT2D eigenvalue weighted by Crippen LogP contribution is -2.18. The summed E-state index contributed by atoms with van der Waals surface area (Å²) in [5, 5.41) is 0. The Labute approximate surface area is 93.9 Å². The third-order valence-corrected chi connectivity index (χ3v) is 3.26. The van der Waals surface area contributed by atoms with Crippen LogP contribution >= 0.6 is 0 Å². The summed E-state index contributed by atoms with van der Waals surface area (Å²) in [5.41, 5.74) is 5.17. The van der Waals surface area contributed by atoms with Gasteiger partial charge in [0, 0.05) is 6.20 Å². The summed E-state index contributed by atoms with van der Waals surface area (Å²) in [6, 6.07) is 1.27. The minimum Gasteiger partial charge on any atom is -0.330 e. The molecule has 0 radical (unpaired) electrons. The summed E-state index contributed by atoms with van der Waals surface area (Å²) in [5.74, 6) is -0.753. The maximum Gasteiger partial charge on any atom is 0.232 e. The number of nitrogens with zero attached hydrogens (tertiary/aromatic N) is 1. The van der Waals surface area contributed by atoms with Crippen LogP contribution in [-0.2, 0) is 10.0 Å². The van der Waals surface area contributed by atoms with Gasteiger partial charge in [-0.1, -0.05) is 0 Å². The van der Waals surface area contributed by atoms with Crippen molar-refractivity contribution in [2.24, 2.45) is 5.73 Å². The molecule has 1 rings (SSSR count). The van der Waals surface area contributed by atoms with Crippen LogP contribution in [0.3, 0.4) is 0 Å². The first kappa shape index (κ1) is 12.9. The smallest absolute Gasteiger partial charge is 0.232 e. The van der Waals surface area contributed by atoms with Crippen molar-refractivity contribution in [3.05, 3.63) is 24.3 Å². The SMILES string of the molecule is NCCCCS(=O)(=O)Nc1ccncc1F. The first-order valence-electron chi connectivity index (χ1n) is 4.85. The van der Waals surface area contributed by atoms with E-state index in [0.29, 0.717) is 19.4 Å². The molecule has 0 saturated heterocycles. The molecule has 0 aliphatic carbocycles. The maximum absolute atomic E-state index is 13.1. The number of aromatic nitrogens is 1. The van der Waals surface area contributed by atoms with Crippen LogP contribution in [0.4, 0.5) is 10.1 Å². The Morgan fingerprint density at radius 2 is 2.19 bits per heavy atom. The molecule has 16 heavy (non-hydrogen) atoms. The molecule has 7 heteroatoms. The van der Waals surface area contributed by atoms with Gasteiger partial charge < -0.3 is 5.73 Å². The Kier molecular flexibility index (Phi) is 4.63. The van der Waals surface area contributed by atoms with Crippen LogP contribution in [0.15, 0.2) is 18.5 Å². The molecular weight excluding hydrogens is 233 g/mol. The lowest BCUT2D eigenvalue weighted by atomic mass is 10.3. The molecule has 0 fully saturated rings. The van der Waals surface area contributed by atoms with Gasteiger partial charge in [-0.3, -0.25) is 9.71 Å². The number of sulfonamides is 1. The average molecular weight is 247 g/mol. The van der Waals surface area contributed by atoms with Gasteiger partial charge in [-0.2, -0.15) is 0 Å². The monoisotopic (exact) mass is 247 g/mol. The lowest BCUT2D eigenvalue weighted by molar-refractivity contribution is 0.594. The predicted molar refractivity (Wildman–Crippen MR) is 59.9 cm³/mol. The first-order valence-corrected chi connectivity index (χ1v) is 6.50. The van der Waals surface area contributed by atoms with Gasteiger partial charge in [-0.25, -0.2) is 12.8 Å². The molecule has 0 bridgehead atoms. The van der Waals surface area contributed by atoms with Crippen LogP contribution in [-0.4, -0.2) is 25.7 Å². The number of nitrogens with one attached hydrogen (secondary N) is 1. The Balaban J connectivity index is 2.63. The van der Waals surface area contributed by atoms with Crippen molar-refractivity contribution in [2.45, 2.75) is 12.8 Å². The van der Waals surface area contributed by atoms with E-state index in [4.69, 9.17) is 5.73 Å². The Bertz CT molecular complexity index is 436. The second-order valence-electron chi connectivity index (χ2n) is 3.27. The van der Waals surface area contributed by atoms with Crippen molar-refractivity contribution in [3.63, 3.8) is 0 Å².